The van der Waals surface area contributed by atoms with Crippen molar-refractivity contribution in [3.63, 3.8) is 0 Å². The molecule has 0 bridgehead atoms. The lowest BCUT2D eigenvalue weighted by Gasteiger charge is -2.08. The molecule has 0 spiro atoms. The Hall–Kier alpha value is -1.72. The first-order chi connectivity index (χ1) is 9.74. The molecule has 0 radical (unpaired) electrons. The molecule has 20 heavy (non-hydrogen) atoms. The van der Waals surface area contributed by atoms with Crippen LogP contribution in [0.3, 0.4) is 0 Å². The summed E-state index contributed by atoms with van der Waals surface area (Å²) in [5.41, 5.74) is 10.7. The predicted octanol–water partition coefficient (Wildman–Crippen LogP) is 1.17. The van der Waals surface area contributed by atoms with Gasteiger partial charge in [0.05, 0.1) is 5.71 Å². The molecule has 3 N–H and O–H groups in total. The van der Waals surface area contributed by atoms with Crippen LogP contribution in [-0.4, -0.2) is 23.7 Å². The molecule has 5 heteroatoms. The first-order valence-electron chi connectivity index (χ1n) is 7.14. The van der Waals surface area contributed by atoms with Crippen molar-refractivity contribution >= 4 is 11.6 Å². The van der Waals surface area contributed by atoms with Gasteiger partial charge in [-0.3, -0.25) is 10.2 Å². The average Bonchev–Trinajstić information content (AvgIpc) is 3.22. The molecule has 1 aromatic carbocycles. The van der Waals surface area contributed by atoms with Gasteiger partial charge in [-0.1, -0.05) is 30.3 Å². The lowest BCUT2D eigenvalue weighted by molar-refractivity contribution is -0.122. The SMILES string of the molecule is C/C(=N\NC(=O)C1CC(C2CC2)NN1)c1ccccc1. The number of hydrazine groups is 1. The first kappa shape index (κ1) is 13.3. The lowest BCUT2D eigenvalue weighted by atomic mass is 10.1. The predicted molar refractivity (Wildman–Crippen MR) is 78.0 cm³/mol. The topological polar surface area (TPSA) is 65.5 Å². The molecule has 5 nitrogen and oxygen atoms in total. The van der Waals surface area contributed by atoms with Crippen LogP contribution in [0.5, 0.6) is 0 Å². The molecule has 1 heterocycles. The van der Waals surface area contributed by atoms with Crippen LogP contribution in [0.15, 0.2) is 35.4 Å². The Morgan fingerprint density at radius 1 is 1.25 bits per heavy atom. The molecule has 2 aliphatic rings. The molecule has 1 saturated heterocycles. The number of nitrogens with one attached hydrogen (secondary N) is 3. The van der Waals surface area contributed by atoms with Crippen LogP contribution in [0.2, 0.25) is 0 Å². The fourth-order valence-corrected chi connectivity index (χ4v) is 2.52. The molecule has 2 atom stereocenters. The zero-order chi connectivity index (χ0) is 13.9. The maximum Gasteiger partial charge on any atom is 0.258 e. The molecule has 1 saturated carbocycles. The Bertz CT molecular complexity index is 510. The van der Waals surface area contributed by atoms with Gasteiger partial charge in [0, 0.05) is 6.04 Å². The fraction of sp³-hybridized carbons (Fsp3) is 0.467. The van der Waals surface area contributed by atoms with Crippen molar-refractivity contribution in [1.29, 1.82) is 0 Å². The van der Waals surface area contributed by atoms with Crippen molar-refractivity contribution in [3.05, 3.63) is 35.9 Å². The Kier molecular flexibility index (Phi) is 3.80. The van der Waals surface area contributed by atoms with E-state index < -0.39 is 0 Å². The van der Waals surface area contributed by atoms with Gasteiger partial charge in [0.1, 0.15) is 6.04 Å². The standard InChI is InChI=1S/C15H20N4O/c1-10(11-5-3-2-4-6-11)16-19-15(20)14-9-13(17-18-14)12-7-8-12/h2-6,12-14,17-18H,7-9H2,1H3,(H,19,20)/b16-10+. The third-order valence-corrected chi connectivity index (χ3v) is 3.97. The van der Waals surface area contributed by atoms with Gasteiger partial charge in [0.2, 0.25) is 0 Å². The average molecular weight is 272 g/mol. The van der Waals surface area contributed by atoms with Gasteiger partial charge in [-0.05, 0) is 37.7 Å². The highest BCUT2D eigenvalue weighted by molar-refractivity contribution is 5.99. The fourth-order valence-electron chi connectivity index (χ4n) is 2.52. The Balaban J connectivity index is 1.54. The summed E-state index contributed by atoms with van der Waals surface area (Å²) >= 11 is 0. The van der Waals surface area contributed by atoms with Crippen molar-refractivity contribution in [2.24, 2.45) is 11.0 Å². The molecule has 1 amide bonds. The van der Waals surface area contributed by atoms with Gasteiger partial charge in [-0.2, -0.15) is 5.10 Å². The van der Waals surface area contributed by atoms with Gasteiger partial charge in [0.15, 0.2) is 0 Å². The number of hydrogen-bond donors (Lipinski definition) is 3. The molecule has 1 aliphatic heterocycles. The summed E-state index contributed by atoms with van der Waals surface area (Å²) in [7, 11) is 0. The van der Waals surface area contributed by atoms with Crippen LogP contribution in [-0.2, 0) is 4.79 Å². The summed E-state index contributed by atoms with van der Waals surface area (Å²) in [5.74, 6) is 0.672. The molecule has 1 aromatic rings. The second-order valence-electron chi connectivity index (χ2n) is 5.56. The van der Waals surface area contributed by atoms with E-state index in [1.807, 2.05) is 37.3 Å². The molecule has 0 aromatic heterocycles. The van der Waals surface area contributed by atoms with Gasteiger partial charge >= 0.3 is 0 Å². The summed E-state index contributed by atoms with van der Waals surface area (Å²) in [6, 6.07) is 10.1. The van der Waals surface area contributed by atoms with Gasteiger partial charge < -0.3 is 0 Å². The molecular formula is C15H20N4O. The summed E-state index contributed by atoms with van der Waals surface area (Å²) in [6.45, 7) is 1.89. The van der Waals surface area contributed by atoms with Crippen molar-refractivity contribution in [1.82, 2.24) is 16.3 Å². The first-order valence-corrected chi connectivity index (χ1v) is 7.14. The molecule has 1 aliphatic carbocycles. The number of benzene rings is 1. The van der Waals surface area contributed by atoms with Crippen LogP contribution in [0.25, 0.3) is 0 Å². The summed E-state index contributed by atoms with van der Waals surface area (Å²) < 4.78 is 0. The number of carbonyl (C=O) groups is 1. The van der Waals surface area contributed by atoms with Gasteiger partial charge in [-0.15, -0.1) is 0 Å². The van der Waals surface area contributed by atoms with E-state index in [2.05, 4.69) is 21.4 Å². The third-order valence-electron chi connectivity index (χ3n) is 3.97. The van der Waals surface area contributed by atoms with Crippen LogP contribution < -0.4 is 16.3 Å². The number of carbonyl (C=O) groups excluding carboxylic acids is 1. The highest BCUT2D eigenvalue weighted by Crippen LogP contribution is 2.35. The highest BCUT2D eigenvalue weighted by atomic mass is 16.2. The Morgan fingerprint density at radius 2 is 2.00 bits per heavy atom. The smallest absolute Gasteiger partial charge is 0.258 e. The Labute approximate surface area is 118 Å². The number of hydrogen-bond acceptors (Lipinski definition) is 4. The molecule has 2 unspecified atom stereocenters. The molecule has 106 valence electrons. The maximum atomic E-state index is 12.0. The van der Waals surface area contributed by atoms with Crippen molar-refractivity contribution < 1.29 is 4.79 Å². The van der Waals surface area contributed by atoms with Crippen LogP contribution >= 0.6 is 0 Å². The Morgan fingerprint density at radius 3 is 2.70 bits per heavy atom. The van der Waals surface area contributed by atoms with E-state index in [-0.39, 0.29) is 11.9 Å². The van der Waals surface area contributed by atoms with Crippen molar-refractivity contribution in [2.45, 2.75) is 38.3 Å². The van der Waals surface area contributed by atoms with E-state index in [1.54, 1.807) is 0 Å². The second-order valence-corrected chi connectivity index (χ2v) is 5.56. The highest BCUT2D eigenvalue weighted by Gasteiger charge is 2.38. The molecule has 2 fully saturated rings. The van der Waals surface area contributed by atoms with Gasteiger partial charge in [0.25, 0.3) is 5.91 Å². The van der Waals surface area contributed by atoms with E-state index in [4.69, 9.17) is 0 Å². The maximum absolute atomic E-state index is 12.0. The van der Waals surface area contributed by atoms with Crippen molar-refractivity contribution in [2.75, 3.05) is 0 Å². The van der Waals surface area contributed by atoms with Crippen LogP contribution in [0, 0.1) is 5.92 Å². The van der Waals surface area contributed by atoms with Gasteiger partial charge in [-0.25, -0.2) is 10.9 Å². The number of hydrazone groups is 1. The van der Waals surface area contributed by atoms with E-state index in [0.717, 1.165) is 23.6 Å². The lowest BCUT2D eigenvalue weighted by Crippen LogP contribution is -2.42. The van der Waals surface area contributed by atoms with E-state index >= 15 is 0 Å². The minimum atomic E-state index is -0.187. The van der Waals surface area contributed by atoms with Crippen LogP contribution in [0.1, 0.15) is 31.7 Å². The number of rotatable bonds is 4. The minimum absolute atomic E-state index is 0.0732. The van der Waals surface area contributed by atoms with E-state index in [1.165, 1.54) is 12.8 Å². The normalized spacial score (nSPS) is 26.6. The molecular weight excluding hydrogens is 252 g/mol. The monoisotopic (exact) mass is 272 g/mol. The third kappa shape index (κ3) is 3.05. The van der Waals surface area contributed by atoms with Crippen molar-refractivity contribution in [3.8, 4) is 0 Å². The summed E-state index contributed by atoms with van der Waals surface area (Å²) in [6.07, 6.45) is 3.40. The molecule has 3 rings (SSSR count). The van der Waals surface area contributed by atoms with E-state index in [9.17, 15) is 4.79 Å². The zero-order valence-corrected chi connectivity index (χ0v) is 11.6. The summed E-state index contributed by atoms with van der Waals surface area (Å²) in [4.78, 5) is 12.0. The number of amides is 1. The second kappa shape index (κ2) is 5.73. The van der Waals surface area contributed by atoms with E-state index in [0.29, 0.717) is 6.04 Å². The zero-order valence-electron chi connectivity index (χ0n) is 11.6. The summed E-state index contributed by atoms with van der Waals surface area (Å²) in [5, 5.41) is 4.17. The number of nitrogens with zero attached hydrogens (tertiary/aromatic N) is 1. The minimum Gasteiger partial charge on any atom is -0.271 e. The van der Waals surface area contributed by atoms with Crippen LogP contribution in [0.4, 0.5) is 0 Å². The quantitative estimate of drug-likeness (QED) is 0.569. The largest absolute Gasteiger partial charge is 0.271 e.